The number of carbonyl (C=O) groups is 1. The fourth-order valence-electron chi connectivity index (χ4n) is 2.91. The first-order valence-corrected chi connectivity index (χ1v) is 10.5. The zero-order valence-corrected chi connectivity index (χ0v) is 18.9. The van der Waals surface area contributed by atoms with Crippen molar-refractivity contribution in [3.05, 3.63) is 85.6 Å². The number of benzene rings is 2. The fourth-order valence-corrected chi connectivity index (χ4v) is 4.25. The van der Waals surface area contributed by atoms with Gasteiger partial charge in [0.1, 0.15) is 16.9 Å². The Kier molecular flexibility index (Phi) is 5.69. The van der Waals surface area contributed by atoms with Crippen molar-refractivity contribution < 1.29 is 13.7 Å². The van der Waals surface area contributed by atoms with E-state index in [0.717, 1.165) is 10.0 Å². The predicted molar refractivity (Wildman–Crippen MR) is 122 cm³/mol. The minimum atomic E-state index is -0.484. The molecule has 30 heavy (non-hydrogen) atoms. The van der Waals surface area contributed by atoms with E-state index in [1.165, 1.54) is 0 Å². The Hall–Kier alpha value is -2.97. The molecule has 6 nitrogen and oxygen atoms in total. The molecule has 0 saturated carbocycles. The molecular formula is C22H15Br2N3O3. The number of rotatable bonds is 4. The van der Waals surface area contributed by atoms with Gasteiger partial charge in [-0.1, -0.05) is 57.5 Å². The van der Waals surface area contributed by atoms with Crippen LogP contribution >= 0.6 is 31.9 Å². The van der Waals surface area contributed by atoms with Crippen molar-refractivity contribution >= 4 is 66.6 Å². The van der Waals surface area contributed by atoms with E-state index in [4.69, 9.17) is 14.3 Å². The largest absolute Gasteiger partial charge is 0.437 e. The molecule has 2 aromatic carbocycles. The lowest BCUT2D eigenvalue weighted by atomic mass is 10.1. The highest BCUT2D eigenvalue weighted by atomic mass is 79.9. The summed E-state index contributed by atoms with van der Waals surface area (Å²) in [5.41, 5.74) is 2.33. The van der Waals surface area contributed by atoms with Gasteiger partial charge in [0, 0.05) is 9.86 Å². The van der Waals surface area contributed by atoms with Crippen molar-refractivity contribution in [3.8, 4) is 0 Å². The Labute approximate surface area is 188 Å². The van der Waals surface area contributed by atoms with E-state index in [-0.39, 0.29) is 11.1 Å². The number of halogens is 2. The van der Waals surface area contributed by atoms with Crippen LogP contribution in [0.1, 0.15) is 27.4 Å². The number of carbonyl (C=O) groups excluding carboxylic acids is 1. The normalized spacial score (nSPS) is 11.3. The summed E-state index contributed by atoms with van der Waals surface area (Å²) in [5.74, 6) is -0.0677. The van der Waals surface area contributed by atoms with E-state index < -0.39 is 5.91 Å². The number of hydrogen-bond donors (Lipinski definition) is 2. The number of aromatic nitrogens is 1. The van der Waals surface area contributed by atoms with Gasteiger partial charge in [0.05, 0.1) is 4.47 Å². The van der Waals surface area contributed by atoms with E-state index in [2.05, 4.69) is 42.3 Å². The van der Waals surface area contributed by atoms with Crippen LogP contribution in [0.25, 0.3) is 23.1 Å². The number of nitrogens with one attached hydrogen (secondary N) is 2. The molecule has 0 saturated heterocycles. The van der Waals surface area contributed by atoms with Gasteiger partial charge in [-0.3, -0.25) is 10.2 Å². The zero-order chi connectivity index (χ0) is 21.3. The van der Waals surface area contributed by atoms with Crippen molar-refractivity contribution in [1.29, 1.82) is 5.41 Å². The van der Waals surface area contributed by atoms with Crippen LogP contribution in [0.3, 0.4) is 0 Å². The zero-order valence-electron chi connectivity index (χ0n) is 15.7. The second kappa shape index (κ2) is 8.41. The van der Waals surface area contributed by atoms with Gasteiger partial charge >= 0.3 is 0 Å². The van der Waals surface area contributed by atoms with Crippen molar-refractivity contribution in [2.75, 3.05) is 5.32 Å². The molecule has 150 valence electrons. The molecule has 0 fully saturated rings. The third-order valence-electron chi connectivity index (χ3n) is 4.38. The lowest BCUT2D eigenvalue weighted by Crippen LogP contribution is -2.21. The molecule has 4 rings (SSSR count). The molecule has 1 amide bonds. The quantitative estimate of drug-likeness (QED) is 0.332. The van der Waals surface area contributed by atoms with Crippen LogP contribution in [-0.2, 0) is 0 Å². The smallest absolute Gasteiger partial charge is 0.261 e. The van der Waals surface area contributed by atoms with E-state index in [9.17, 15) is 4.79 Å². The summed E-state index contributed by atoms with van der Waals surface area (Å²) < 4.78 is 12.4. The van der Waals surface area contributed by atoms with Gasteiger partial charge in [-0.05, 0) is 52.7 Å². The number of aryl methyl sites for hydroxylation is 1. The first kappa shape index (κ1) is 20.3. The van der Waals surface area contributed by atoms with Crippen LogP contribution in [0.5, 0.6) is 0 Å². The molecule has 2 N–H and O–H groups in total. The molecule has 0 aliphatic rings. The Morgan fingerprint density at radius 1 is 1.13 bits per heavy atom. The molecule has 0 aliphatic carbocycles. The molecule has 0 atom stereocenters. The van der Waals surface area contributed by atoms with Crippen LogP contribution in [0.4, 0.5) is 5.69 Å². The maximum absolute atomic E-state index is 12.9. The molecule has 0 unspecified atom stereocenters. The Bertz CT molecular complexity index is 1340. The minimum Gasteiger partial charge on any atom is -0.437 e. The standard InChI is InChI=1S/C22H15Br2N3O3/c1-12-19(18(30-27-12)8-7-13-5-3-2-4-6-13)26-22(28)16-10-14-9-15(23)11-17(24)20(14)29-21(16)25/h2-11,25H,1H3,(H,26,28)/b8-7+,25-21?. The SMILES string of the molecule is Cc1noc(/C=C/c2ccccc2)c1NC(=O)c1cc2cc(Br)cc(Br)c2oc1=N. The van der Waals surface area contributed by atoms with Crippen LogP contribution in [0, 0.1) is 12.3 Å². The van der Waals surface area contributed by atoms with E-state index in [1.54, 1.807) is 19.1 Å². The van der Waals surface area contributed by atoms with Crippen molar-refractivity contribution in [2.45, 2.75) is 6.92 Å². The number of amides is 1. The Morgan fingerprint density at radius 2 is 1.90 bits per heavy atom. The molecule has 0 radical (unpaired) electrons. The van der Waals surface area contributed by atoms with E-state index in [1.807, 2.05) is 48.5 Å². The second-order valence-electron chi connectivity index (χ2n) is 6.50. The van der Waals surface area contributed by atoms with Crippen molar-refractivity contribution in [2.24, 2.45) is 0 Å². The van der Waals surface area contributed by atoms with E-state index in [0.29, 0.717) is 32.6 Å². The van der Waals surface area contributed by atoms with Gasteiger partial charge in [0.15, 0.2) is 11.3 Å². The van der Waals surface area contributed by atoms with Gasteiger partial charge in [0.2, 0.25) is 5.55 Å². The summed E-state index contributed by atoms with van der Waals surface area (Å²) in [7, 11) is 0. The summed E-state index contributed by atoms with van der Waals surface area (Å²) in [4.78, 5) is 12.9. The van der Waals surface area contributed by atoms with Crippen molar-refractivity contribution in [1.82, 2.24) is 5.16 Å². The number of fused-ring (bicyclic) bond motifs is 1. The maximum atomic E-state index is 12.9. The number of nitrogens with zero attached hydrogens (tertiary/aromatic N) is 1. The highest BCUT2D eigenvalue weighted by molar-refractivity contribution is 9.11. The third kappa shape index (κ3) is 4.15. The summed E-state index contributed by atoms with van der Waals surface area (Å²) in [6.07, 6.45) is 3.61. The first-order valence-electron chi connectivity index (χ1n) is 8.90. The second-order valence-corrected chi connectivity index (χ2v) is 8.27. The Morgan fingerprint density at radius 3 is 2.67 bits per heavy atom. The molecular weight excluding hydrogens is 514 g/mol. The lowest BCUT2D eigenvalue weighted by Gasteiger charge is -2.07. The topological polar surface area (TPSA) is 92.1 Å². The molecule has 4 aromatic rings. The predicted octanol–water partition coefficient (Wildman–Crippen LogP) is 6.16. The number of hydrogen-bond acceptors (Lipinski definition) is 5. The number of anilines is 1. The van der Waals surface area contributed by atoms with Gasteiger partial charge in [0.25, 0.3) is 5.91 Å². The highest BCUT2D eigenvalue weighted by Crippen LogP contribution is 2.28. The summed E-state index contributed by atoms with van der Waals surface area (Å²) in [6, 6.07) is 15.0. The molecule has 0 spiro atoms. The van der Waals surface area contributed by atoms with Crippen LogP contribution in [-0.4, -0.2) is 11.1 Å². The maximum Gasteiger partial charge on any atom is 0.261 e. The summed E-state index contributed by atoms with van der Waals surface area (Å²) in [5, 5.41) is 15.6. The molecule has 0 bridgehead atoms. The van der Waals surface area contributed by atoms with Gasteiger partial charge < -0.3 is 14.3 Å². The van der Waals surface area contributed by atoms with Crippen LogP contribution < -0.4 is 10.9 Å². The summed E-state index contributed by atoms with van der Waals surface area (Å²) >= 11 is 6.83. The minimum absolute atomic E-state index is 0.103. The Balaban J connectivity index is 1.66. The van der Waals surface area contributed by atoms with Gasteiger partial charge in [-0.2, -0.15) is 0 Å². The lowest BCUT2D eigenvalue weighted by molar-refractivity contribution is 0.102. The molecule has 0 aliphatic heterocycles. The summed E-state index contributed by atoms with van der Waals surface area (Å²) in [6.45, 7) is 1.74. The van der Waals surface area contributed by atoms with E-state index >= 15 is 0 Å². The fraction of sp³-hybridized carbons (Fsp3) is 0.0455. The molecule has 2 heterocycles. The first-order chi connectivity index (χ1) is 14.4. The van der Waals surface area contributed by atoms with Crippen molar-refractivity contribution in [3.63, 3.8) is 0 Å². The third-order valence-corrected chi connectivity index (χ3v) is 5.43. The molecule has 2 aromatic heterocycles. The van der Waals surface area contributed by atoms with Gasteiger partial charge in [-0.25, -0.2) is 0 Å². The highest BCUT2D eigenvalue weighted by Gasteiger charge is 2.18. The average molecular weight is 529 g/mol. The van der Waals surface area contributed by atoms with Crippen LogP contribution in [0.15, 0.2) is 66.4 Å². The molecule has 8 heteroatoms. The monoisotopic (exact) mass is 527 g/mol. The average Bonchev–Trinajstić information content (AvgIpc) is 3.07. The van der Waals surface area contributed by atoms with Gasteiger partial charge in [-0.15, -0.1) is 0 Å². The van der Waals surface area contributed by atoms with Crippen LogP contribution in [0.2, 0.25) is 0 Å².